The highest BCUT2D eigenvalue weighted by Gasteiger charge is 2.25. The Morgan fingerprint density at radius 1 is 1.30 bits per heavy atom. The molecule has 0 spiro atoms. The number of rotatable bonds is 4. The van der Waals surface area contributed by atoms with Crippen molar-refractivity contribution in [2.24, 2.45) is 0 Å². The van der Waals surface area contributed by atoms with E-state index in [1.165, 1.54) is 12.3 Å². The maximum Gasteiger partial charge on any atom is 0.242 e. The molecule has 0 atom stereocenters. The zero-order valence-corrected chi connectivity index (χ0v) is 14.1. The van der Waals surface area contributed by atoms with Gasteiger partial charge in [-0.15, -0.1) is 0 Å². The highest BCUT2D eigenvalue weighted by atomic mass is 35.5. The quantitative estimate of drug-likeness (QED) is 0.842. The average Bonchev–Trinajstić information content (AvgIpc) is 2.42. The molecule has 112 valence electrons. The monoisotopic (exact) mass is 354 g/mol. The number of sulfonamides is 1. The Morgan fingerprint density at radius 3 is 2.50 bits per heavy atom. The molecule has 20 heavy (non-hydrogen) atoms. The summed E-state index contributed by atoms with van der Waals surface area (Å²) in [5.74, 6) is 0. The average molecular weight is 355 g/mol. The minimum absolute atomic E-state index is 0.0159. The predicted molar refractivity (Wildman–Crippen MR) is 84.1 cm³/mol. The lowest BCUT2D eigenvalue weighted by Gasteiger charge is -2.27. The van der Waals surface area contributed by atoms with Crippen molar-refractivity contribution in [3.63, 3.8) is 0 Å². The van der Waals surface area contributed by atoms with Crippen molar-refractivity contribution in [1.29, 1.82) is 0 Å². The summed E-state index contributed by atoms with van der Waals surface area (Å²) in [4.78, 5) is 3.83. The second-order valence-corrected chi connectivity index (χ2v) is 8.39. The Labute approximate surface area is 133 Å². The van der Waals surface area contributed by atoms with E-state index in [1.807, 2.05) is 11.8 Å². The van der Waals surface area contributed by atoms with Crippen LogP contribution in [0.3, 0.4) is 0 Å². The highest BCUT2D eigenvalue weighted by molar-refractivity contribution is 7.99. The normalized spacial score (nSPS) is 23.8. The predicted octanol–water partition coefficient (Wildman–Crippen LogP) is 3.34. The number of nitrogens with zero attached hydrogens (tertiary/aromatic N) is 1. The summed E-state index contributed by atoms with van der Waals surface area (Å²) in [7, 11) is -3.59. The molecule has 0 aliphatic heterocycles. The van der Waals surface area contributed by atoms with E-state index >= 15 is 0 Å². The maximum atomic E-state index is 12.3. The number of nitrogens with one attached hydrogen (secondary N) is 1. The number of pyridine rings is 1. The van der Waals surface area contributed by atoms with Crippen LogP contribution in [-0.2, 0) is 10.0 Å². The van der Waals surface area contributed by atoms with Crippen molar-refractivity contribution in [1.82, 2.24) is 9.71 Å². The Balaban J connectivity index is 2.06. The van der Waals surface area contributed by atoms with E-state index in [9.17, 15) is 8.42 Å². The van der Waals surface area contributed by atoms with Crippen LogP contribution in [0, 0.1) is 0 Å². The minimum Gasteiger partial charge on any atom is -0.242 e. The summed E-state index contributed by atoms with van der Waals surface area (Å²) in [6.07, 6.45) is 7.11. The Kier molecular flexibility index (Phi) is 5.59. The van der Waals surface area contributed by atoms with Gasteiger partial charge in [-0.1, -0.05) is 23.2 Å². The molecule has 0 radical (unpaired) electrons. The minimum atomic E-state index is -3.59. The molecule has 0 unspecified atom stereocenters. The summed E-state index contributed by atoms with van der Waals surface area (Å²) in [5.41, 5.74) is 0. The first-order valence-corrected chi connectivity index (χ1v) is 9.81. The molecule has 1 heterocycles. The molecule has 0 saturated heterocycles. The van der Waals surface area contributed by atoms with Gasteiger partial charge in [-0.3, -0.25) is 0 Å². The lowest BCUT2D eigenvalue weighted by molar-refractivity contribution is 0.420. The molecule has 8 heteroatoms. The van der Waals surface area contributed by atoms with E-state index in [4.69, 9.17) is 23.2 Å². The molecule has 0 bridgehead atoms. The van der Waals surface area contributed by atoms with Crippen molar-refractivity contribution >= 4 is 45.0 Å². The van der Waals surface area contributed by atoms with Gasteiger partial charge >= 0.3 is 0 Å². The first-order valence-electron chi connectivity index (χ1n) is 6.28. The standard InChI is InChI=1S/C12H16Cl2N2O2S2/c1-19-9-4-2-8(3-5-9)16-20(17,18)10-6-11(13)12(14)15-7-10/h6-9,16H,2-5H2,1H3. The first-order chi connectivity index (χ1) is 9.42. The van der Waals surface area contributed by atoms with Crippen LogP contribution in [0.2, 0.25) is 10.2 Å². The molecule has 1 aromatic rings. The summed E-state index contributed by atoms with van der Waals surface area (Å²) in [6.45, 7) is 0. The highest BCUT2D eigenvalue weighted by Crippen LogP contribution is 2.28. The van der Waals surface area contributed by atoms with Gasteiger partial charge in [0.15, 0.2) is 0 Å². The fourth-order valence-electron chi connectivity index (χ4n) is 2.25. The van der Waals surface area contributed by atoms with Crippen molar-refractivity contribution in [2.45, 2.75) is 41.9 Å². The zero-order chi connectivity index (χ0) is 14.8. The molecule has 2 rings (SSSR count). The third kappa shape index (κ3) is 4.01. The van der Waals surface area contributed by atoms with Crippen LogP contribution < -0.4 is 4.72 Å². The zero-order valence-electron chi connectivity index (χ0n) is 11.0. The van der Waals surface area contributed by atoms with E-state index < -0.39 is 10.0 Å². The third-order valence-electron chi connectivity index (χ3n) is 3.41. The van der Waals surface area contributed by atoms with Gasteiger partial charge in [0, 0.05) is 17.5 Å². The first kappa shape index (κ1) is 16.4. The van der Waals surface area contributed by atoms with Crippen molar-refractivity contribution in [3.05, 3.63) is 22.4 Å². The smallest absolute Gasteiger partial charge is 0.242 e. The summed E-state index contributed by atoms with van der Waals surface area (Å²) in [6, 6.07) is 1.31. The van der Waals surface area contributed by atoms with E-state index in [2.05, 4.69) is 16.0 Å². The van der Waals surface area contributed by atoms with Crippen LogP contribution in [0.15, 0.2) is 17.2 Å². The lowest BCUT2D eigenvalue weighted by Crippen LogP contribution is -2.38. The van der Waals surface area contributed by atoms with Crippen LogP contribution >= 0.6 is 35.0 Å². The van der Waals surface area contributed by atoms with E-state index in [0.717, 1.165) is 25.7 Å². The van der Waals surface area contributed by atoms with Gasteiger partial charge in [0.25, 0.3) is 0 Å². The SMILES string of the molecule is CSC1CCC(NS(=O)(=O)c2cnc(Cl)c(Cl)c2)CC1. The molecule has 0 amide bonds. The summed E-state index contributed by atoms with van der Waals surface area (Å²) in [5, 5.41) is 0.883. The summed E-state index contributed by atoms with van der Waals surface area (Å²) >= 11 is 13.4. The van der Waals surface area contributed by atoms with Gasteiger partial charge in [0.1, 0.15) is 10.0 Å². The van der Waals surface area contributed by atoms with Gasteiger partial charge < -0.3 is 0 Å². The molecule has 4 nitrogen and oxygen atoms in total. The number of halogens is 2. The van der Waals surface area contributed by atoms with E-state index in [0.29, 0.717) is 5.25 Å². The van der Waals surface area contributed by atoms with E-state index in [-0.39, 0.29) is 21.1 Å². The number of aromatic nitrogens is 1. The van der Waals surface area contributed by atoms with Gasteiger partial charge in [0.2, 0.25) is 10.0 Å². The topological polar surface area (TPSA) is 59.1 Å². The largest absolute Gasteiger partial charge is 0.242 e. The van der Waals surface area contributed by atoms with E-state index in [1.54, 1.807) is 0 Å². The second-order valence-electron chi connectivity index (χ2n) is 4.77. The lowest BCUT2D eigenvalue weighted by atomic mass is 9.96. The van der Waals surface area contributed by atoms with Gasteiger partial charge in [0.05, 0.1) is 5.02 Å². The molecule has 1 saturated carbocycles. The Morgan fingerprint density at radius 2 is 1.95 bits per heavy atom. The summed E-state index contributed by atoms with van der Waals surface area (Å²) < 4.78 is 27.2. The third-order valence-corrected chi connectivity index (χ3v) is 6.72. The molecular weight excluding hydrogens is 339 g/mol. The van der Waals surface area contributed by atoms with Crippen LogP contribution in [0.1, 0.15) is 25.7 Å². The van der Waals surface area contributed by atoms with Crippen molar-refractivity contribution in [3.8, 4) is 0 Å². The van der Waals surface area contributed by atoms with Crippen LogP contribution in [0.5, 0.6) is 0 Å². The van der Waals surface area contributed by atoms with Gasteiger partial charge in [-0.2, -0.15) is 11.8 Å². The maximum absolute atomic E-state index is 12.3. The Bertz CT molecular complexity index is 573. The Hall–Kier alpha value is -0.0100. The molecule has 1 aliphatic rings. The van der Waals surface area contributed by atoms with Crippen LogP contribution in [-0.4, -0.2) is 30.9 Å². The number of thioether (sulfide) groups is 1. The second kappa shape index (κ2) is 6.83. The molecular formula is C12H16Cl2N2O2S2. The van der Waals surface area contributed by atoms with Gasteiger partial charge in [-0.05, 0) is 38.0 Å². The van der Waals surface area contributed by atoms with Crippen molar-refractivity contribution in [2.75, 3.05) is 6.26 Å². The number of hydrogen-bond donors (Lipinski definition) is 1. The molecule has 1 aromatic heterocycles. The molecule has 1 fully saturated rings. The number of hydrogen-bond acceptors (Lipinski definition) is 4. The fourth-order valence-corrected chi connectivity index (χ4v) is 4.61. The van der Waals surface area contributed by atoms with Gasteiger partial charge in [-0.25, -0.2) is 18.1 Å². The fraction of sp³-hybridized carbons (Fsp3) is 0.583. The molecule has 1 N–H and O–H groups in total. The molecule has 1 aliphatic carbocycles. The molecule has 0 aromatic carbocycles. The van der Waals surface area contributed by atoms with Crippen molar-refractivity contribution < 1.29 is 8.42 Å². The van der Waals surface area contributed by atoms with Crippen LogP contribution in [0.25, 0.3) is 0 Å². The van der Waals surface area contributed by atoms with Crippen LogP contribution in [0.4, 0.5) is 0 Å².